The fourth-order valence-electron chi connectivity index (χ4n) is 2.12. The number of nitrogens with zero attached hydrogens (tertiary/aromatic N) is 1. The molecule has 4 heteroatoms. The van der Waals surface area contributed by atoms with Crippen LogP contribution in [0.2, 0.25) is 0 Å². The summed E-state index contributed by atoms with van der Waals surface area (Å²) in [6.07, 6.45) is 2.70. The highest BCUT2D eigenvalue weighted by molar-refractivity contribution is 9.10. The van der Waals surface area contributed by atoms with Gasteiger partial charge in [0.2, 0.25) is 0 Å². The molecule has 1 fully saturated rings. The van der Waals surface area contributed by atoms with Crippen LogP contribution in [-0.4, -0.2) is 17.6 Å². The largest absolute Gasteiger partial charge is 0.389 e. The molecule has 0 unspecified atom stereocenters. The topological polar surface area (TPSA) is 29.3 Å². The Kier molecular flexibility index (Phi) is 4.28. The summed E-state index contributed by atoms with van der Waals surface area (Å²) in [5, 5.41) is 0. The van der Waals surface area contributed by atoms with E-state index < -0.39 is 0 Å². The summed E-state index contributed by atoms with van der Waals surface area (Å²) in [4.78, 5) is 2.88. The zero-order valence-electron chi connectivity index (χ0n) is 10.8. The van der Waals surface area contributed by atoms with E-state index in [0.717, 1.165) is 28.2 Å². The van der Waals surface area contributed by atoms with E-state index in [-0.39, 0.29) is 0 Å². The summed E-state index contributed by atoms with van der Waals surface area (Å²) in [6, 6.07) is 6.64. The minimum absolute atomic E-state index is 0.458. The van der Waals surface area contributed by atoms with Crippen LogP contribution in [0.25, 0.3) is 0 Å². The molecule has 2 rings (SSSR count). The fraction of sp³-hybridized carbons (Fsp3) is 0.500. The van der Waals surface area contributed by atoms with Crippen molar-refractivity contribution in [2.75, 3.05) is 11.4 Å². The van der Waals surface area contributed by atoms with Gasteiger partial charge in [0.25, 0.3) is 0 Å². The average molecular weight is 327 g/mol. The number of benzene rings is 1. The van der Waals surface area contributed by atoms with Gasteiger partial charge in [-0.05, 0) is 50.8 Å². The van der Waals surface area contributed by atoms with Gasteiger partial charge in [0.1, 0.15) is 4.99 Å². The lowest BCUT2D eigenvalue weighted by Crippen LogP contribution is -2.34. The first-order chi connectivity index (χ1) is 8.49. The number of halogens is 1. The van der Waals surface area contributed by atoms with Crippen LogP contribution >= 0.6 is 28.1 Å². The van der Waals surface area contributed by atoms with Crippen molar-refractivity contribution in [1.29, 1.82) is 0 Å². The molecule has 1 aromatic rings. The highest BCUT2D eigenvalue weighted by atomic mass is 79.9. The van der Waals surface area contributed by atoms with Gasteiger partial charge in [0.05, 0.1) is 0 Å². The van der Waals surface area contributed by atoms with Crippen LogP contribution in [0.4, 0.5) is 5.69 Å². The highest BCUT2D eigenvalue weighted by Crippen LogP contribution is 2.34. The molecule has 0 saturated heterocycles. The molecular formula is C14H19BrN2S. The summed E-state index contributed by atoms with van der Waals surface area (Å²) in [7, 11) is 0. The number of anilines is 1. The second kappa shape index (κ2) is 5.57. The molecular weight excluding hydrogens is 308 g/mol. The molecule has 1 aliphatic carbocycles. The van der Waals surface area contributed by atoms with E-state index >= 15 is 0 Å². The Labute approximate surface area is 123 Å². The molecule has 0 bridgehead atoms. The van der Waals surface area contributed by atoms with Gasteiger partial charge in [-0.25, -0.2) is 0 Å². The maximum atomic E-state index is 5.85. The molecule has 18 heavy (non-hydrogen) atoms. The summed E-state index contributed by atoms with van der Waals surface area (Å²) >= 11 is 8.65. The van der Waals surface area contributed by atoms with E-state index in [2.05, 4.69) is 46.8 Å². The number of hydrogen-bond donors (Lipinski definition) is 1. The monoisotopic (exact) mass is 326 g/mol. The lowest BCUT2D eigenvalue weighted by molar-refractivity contribution is 0.644. The Morgan fingerprint density at radius 3 is 2.67 bits per heavy atom. The van der Waals surface area contributed by atoms with Gasteiger partial charge in [0, 0.05) is 28.3 Å². The van der Waals surface area contributed by atoms with Crippen LogP contribution in [0, 0.1) is 5.92 Å². The average Bonchev–Trinajstić information content (AvgIpc) is 3.09. The molecule has 98 valence electrons. The molecule has 0 heterocycles. The van der Waals surface area contributed by atoms with E-state index in [1.54, 1.807) is 0 Å². The van der Waals surface area contributed by atoms with E-state index in [1.807, 2.05) is 6.07 Å². The molecule has 1 saturated carbocycles. The third kappa shape index (κ3) is 3.23. The maximum absolute atomic E-state index is 5.85. The Morgan fingerprint density at radius 2 is 2.17 bits per heavy atom. The summed E-state index contributed by atoms with van der Waals surface area (Å²) in [5.41, 5.74) is 7.98. The van der Waals surface area contributed by atoms with Gasteiger partial charge in [-0.15, -0.1) is 0 Å². The first-order valence-corrected chi connectivity index (χ1v) is 7.55. The lowest BCUT2D eigenvalue weighted by Gasteiger charge is -2.31. The van der Waals surface area contributed by atoms with Crippen LogP contribution in [0.15, 0.2) is 22.7 Å². The standard InChI is InChI=1S/C14H19BrN2S/c1-9(2)17(8-10-3-4-10)13-6-5-11(15)7-12(13)14(16)18/h5-7,9-10H,3-4,8H2,1-2H3,(H2,16,18). The maximum Gasteiger partial charge on any atom is 0.106 e. The van der Waals surface area contributed by atoms with Crippen molar-refractivity contribution in [1.82, 2.24) is 0 Å². The third-order valence-electron chi connectivity index (χ3n) is 3.31. The van der Waals surface area contributed by atoms with Crippen molar-refractivity contribution in [2.24, 2.45) is 11.7 Å². The molecule has 2 N–H and O–H groups in total. The number of hydrogen-bond acceptors (Lipinski definition) is 2. The normalized spacial score (nSPS) is 14.9. The van der Waals surface area contributed by atoms with Gasteiger partial charge < -0.3 is 10.6 Å². The SMILES string of the molecule is CC(C)N(CC1CC1)c1ccc(Br)cc1C(N)=S. The number of thiocarbonyl (C=S) groups is 1. The second-order valence-electron chi connectivity index (χ2n) is 5.22. The van der Waals surface area contributed by atoms with Crippen molar-refractivity contribution in [2.45, 2.75) is 32.7 Å². The Morgan fingerprint density at radius 1 is 1.50 bits per heavy atom. The van der Waals surface area contributed by atoms with E-state index in [0.29, 0.717) is 11.0 Å². The lowest BCUT2D eigenvalue weighted by atomic mass is 10.1. The van der Waals surface area contributed by atoms with Crippen molar-refractivity contribution in [3.05, 3.63) is 28.2 Å². The first-order valence-electron chi connectivity index (χ1n) is 6.35. The van der Waals surface area contributed by atoms with Gasteiger partial charge in [-0.2, -0.15) is 0 Å². The Bertz CT molecular complexity index is 455. The predicted octanol–water partition coefficient (Wildman–Crippen LogP) is 3.71. The second-order valence-corrected chi connectivity index (χ2v) is 6.57. The van der Waals surface area contributed by atoms with E-state index in [4.69, 9.17) is 18.0 Å². The third-order valence-corrected chi connectivity index (χ3v) is 4.02. The van der Waals surface area contributed by atoms with Crippen LogP contribution in [0.3, 0.4) is 0 Å². The van der Waals surface area contributed by atoms with Crippen LogP contribution in [0.1, 0.15) is 32.3 Å². The molecule has 0 radical (unpaired) electrons. The van der Waals surface area contributed by atoms with Gasteiger partial charge in [-0.3, -0.25) is 0 Å². The first kappa shape index (κ1) is 13.8. The minimum Gasteiger partial charge on any atom is -0.389 e. The summed E-state index contributed by atoms with van der Waals surface area (Å²) in [5.74, 6) is 0.843. The fourth-order valence-corrected chi connectivity index (χ4v) is 2.65. The highest BCUT2D eigenvalue weighted by Gasteiger charge is 2.27. The molecule has 2 nitrogen and oxygen atoms in total. The van der Waals surface area contributed by atoms with Crippen LogP contribution in [0.5, 0.6) is 0 Å². The number of nitrogens with two attached hydrogens (primary N) is 1. The predicted molar refractivity (Wildman–Crippen MR) is 85.2 cm³/mol. The Hall–Kier alpha value is -0.610. The molecule has 0 amide bonds. The van der Waals surface area contributed by atoms with Crippen molar-refractivity contribution in [3.8, 4) is 0 Å². The van der Waals surface area contributed by atoms with E-state index in [9.17, 15) is 0 Å². The summed E-state index contributed by atoms with van der Waals surface area (Å²) < 4.78 is 1.02. The van der Waals surface area contributed by atoms with Gasteiger partial charge >= 0.3 is 0 Å². The molecule has 0 spiro atoms. The molecule has 0 atom stereocenters. The van der Waals surface area contributed by atoms with Crippen LogP contribution in [-0.2, 0) is 0 Å². The zero-order chi connectivity index (χ0) is 13.3. The Balaban J connectivity index is 2.35. The van der Waals surface area contributed by atoms with Gasteiger partial charge in [0.15, 0.2) is 0 Å². The smallest absolute Gasteiger partial charge is 0.106 e. The van der Waals surface area contributed by atoms with E-state index in [1.165, 1.54) is 12.8 Å². The van der Waals surface area contributed by atoms with Crippen molar-refractivity contribution < 1.29 is 0 Å². The van der Waals surface area contributed by atoms with Crippen molar-refractivity contribution >= 4 is 38.8 Å². The quantitative estimate of drug-likeness (QED) is 0.836. The molecule has 1 aromatic carbocycles. The molecule has 0 aromatic heterocycles. The summed E-state index contributed by atoms with van der Waals surface area (Å²) in [6.45, 7) is 5.54. The van der Waals surface area contributed by atoms with Gasteiger partial charge in [-0.1, -0.05) is 28.1 Å². The molecule has 0 aliphatic heterocycles. The number of rotatable bonds is 5. The zero-order valence-corrected chi connectivity index (χ0v) is 13.2. The molecule has 1 aliphatic rings. The van der Waals surface area contributed by atoms with Crippen molar-refractivity contribution in [3.63, 3.8) is 0 Å². The van der Waals surface area contributed by atoms with Crippen LogP contribution < -0.4 is 10.6 Å². The minimum atomic E-state index is 0.458.